The van der Waals surface area contributed by atoms with Crippen LogP contribution in [0, 0.1) is 0 Å². The molecule has 1 aromatic rings. The van der Waals surface area contributed by atoms with E-state index in [0.717, 1.165) is 30.5 Å². The molecule has 4 nitrogen and oxygen atoms in total. The second-order valence-corrected chi connectivity index (χ2v) is 6.08. The summed E-state index contributed by atoms with van der Waals surface area (Å²) < 4.78 is 12.0. The van der Waals surface area contributed by atoms with Gasteiger partial charge in [-0.1, -0.05) is 34.1 Å². The van der Waals surface area contributed by atoms with Crippen molar-refractivity contribution in [2.75, 3.05) is 33.9 Å². The molecule has 3 atom stereocenters. The minimum atomic E-state index is 0.0492. The van der Waals surface area contributed by atoms with Crippen molar-refractivity contribution in [2.24, 2.45) is 5.73 Å². The van der Waals surface area contributed by atoms with Crippen molar-refractivity contribution in [1.29, 1.82) is 0 Å². The lowest BCUT2D eigenvalue weighted by atomic mass is 10.0. The Kier molecular flexibility index (Phi) is 5.99. The second-order valence-electron chi connectivity index (χ2n) is 5.22. The van der Waals surface area contributed by atoms with Gasteiger partial charge in [-0.05, 0) is 18.1 Å². The van der Waals surface area contributed by atoms with Crippen LogP contribution in [0.3, 0.4) is 0 Å². The minimum Gasteiger partial charge on any atom is -0.377 e. The van der Waals surface area contributed by atoms with E-state index in [2.05, 4.69) is 26.9 Å². The minimum absolute atomic E-state index is 0.0492. The van der Waals surface area contributed by atoms with Gasteiger partial charge in [0.25, 0.3) is 0 Å². The number of benzene rings is 1. The Morgan fingerprint density at radius 3 is 2.40 bits per heavy atom. The maximum absolute atomic E-state index is 6.29. The van der Waals surface area contributed by atoms with Crippen LogP contribution < -0.4 is 5.73 Å². The predicted octanol–water partition coefficient (Wildman–Crippen LogP) is 2.18. The highest BCUT2D eigenvalue weighted by Gasteiger charge is 2.32. The molecule has 20 heavy (non-hydrogen) atoms. The highest BCUT2D eigenvalue weighted by Crippen LogP contribution is 2.24. The molecule has 1 aliphatic heterocycles. The van der Waals surface area contributed by atoms with Crippen LogP contribution in [0.25, 0.3) is 0 Å². The first kappa shape index (κ1) is 15.9. The van der Waals surface area contributed by atoms with Crippen molar-refractivity contribution in [3.63, 3.8) is 0 Å². The van der Waals surface area contributed by atoms with Gasteiger partial charge in [0.15, 0.2) is 0 Å². The Balaban J connectivity index is 1.85. The second kappa shape index (κ2) is 7.52. The number of methoxy groups -OCH3 is 2. The molecule has 1 aliphatic rings. The average molecular weight is 343 g/mol. The lowest BCUT2D eigenvalue weighted by Crippen LogP contribution is -2.27. The van der Waals surface area contributed by atoms with E-state index < -0.39 is 0 Å². The van der Waals surface area contributed by atoms with Crippen molar-refractivity contribution >= 4 is 15.9 Å². The molecule has 0 amide bonds. The lowest BCUT2D eigenvalue weighted by Gasteiger charge is -2.19. The fourth-order valence-electron chi connectivity index (χ4n) is 2.71. The summed E-state index contributed by atoms with van der Waals surface area (Å²) in [6, 6.07) is 8.19. The molecule has 3 unspecified atom stereocenters. The average Bonchev–Trinajstić information content (AvgIpc) is 2.87. The van der Waals surface area contributed by atoms with Crippen LogP contribution >= 0.6 is 15.9 Å². The molecule has 5 heteroatoms. The number of likely N-dealkylation sites (tertiary alicyclic amines) is 1. The molecule has 112 valence electrons. The van der Waals surface area contributed by atoms with Gasteiger partial charge in [-0.2, -0.15) is 0 Å². The van der Waals surface area contributed by atoms with Crippen molar-refractivity contribution in [1.82, 2.24) is 4.90 Å². The first-order valence-corrected chi connectivity index (χ1v) is 7.73. The van der Waals surface area contributed by atoms with Gasteiger partial charge in [0.2, 0.25) is 0 Å². The molecule has 1 saturated heterocycles. The molecular weight excluding hydrogens is 320 g/mol. The third-order valence-corrected chi connectivity index (χ3v) is 4.68. The summed E-state index contributed by atoms with van der Waals surface area (Å²) in [7, 11) is 3.49. The maximum Gasteiger partial charge on any atom is 0.0971 e. The lowest BCUT2D eigenvalue weighted by molar-refractivity contribution is -0.00461. The topological polar surface area (TPSA) is 47.7 Å². The van der Waals surface area contributed by atoms with Gasteiger partial charge in [-0.25, -0.2) is 0 Å². The van der Waals surface area contributed by atoms with Gasteiger partial charge in [0.1, 0.15) is 0 Å². The summed E-state index contributed by atoms with van der Waals surface area (Å²) in [5.41, 5.74) is 7.45. The molecule has 1 heterocycles. The first-order valence-electron chi connectivity index (χ1n) is 6.93. The molecule has 0 aliphatic carbocycles. The van der Waals surface area contributed by atoms with E-state index in [-0.39, 0.29) is 18.2 Å². The van der Waals surface area contributed by atoms with Crippen LogP contribution in [0.5, 0.6) is 0 Å². The molecule has 2 rings (SSSR count). The SMILES string of the molecule is COC1CN(CCC(N)c2ccccc2Br)CC1OC. The van der Waals surface area contributed by atoms with Gasteiger partial charge in [0, 0.05) is 44.4 Å². The smallest absolute Gasteiger partial charge is 0.0971 e. The molecular formula is C15H23BrN2O2. The van der Waals surface area contributed by atoms with E-state index in [9.17, 15) is 0 Å². The van der Waals surface area contributed by atoms with Gasteiger partial charge in [-0.3, -0.25) is 4.90 Å². The normalized spacial score (nSPS) is 25.0. The molecule has 1 fully saturated rings. The Labute approximate surface area is 129 Å². The largest absolute Gasteiger partial charge is 0.377 e. The number of nitrogens with zero attached hydrogens (tertiary/aromatic N) is 1. The molecule has 0 radical (unpaired) electrons. The summed E-state index contributed by atoms with van der Waals surface area (Å²) in [5.74, 6) is 0. The van der Waals surface area contributed by atoms with E-state index in [1.54, 1.807) is 14.2 Å². The van der Waals surface area contributed by atoms with E-state index in [1.807, 2.05) is 18.2 Å². The predicted molar refractivity (Wildman–Crippen MR) is 83.7 cm³/mol. The monoisotopic (exact) mass is 342 g/mol. The Bertz CT molecular complexity index is 418. The standard InChI is InChI=1S/C15H23BrN2O2/c1-19-14-9-18(10-15(14)20-2)8-7-13(17)11-5-3-4-6-12(11)16/h3-6,13-15H,7-10,17H2,1-2H3. The highest BCUT2D eigenvalue weighted by atomic mass is 79.9. The fourth-order valence-corrected chi connectivity index (χ4v) is 3.29. The summed E-state index contributed by atoms with van der Waals surface area (Å²) in [6.45, 7) is 2.79. The van der Waals surface area contributed by atoms with E-state index in [4.69, 9.17) is 15.2 Å². The van der Waals surface area contributed by atoms with Crippen LogP contribution in [0.1, 0.15) is 18.0 Å². The van der Waals surface area contributed by atoms with Gasteiger partial charge >= 0.3 is 0 Å². The third kappa shape index (κ3) is 3.80. The quantitative estimate of drug-likeness (QED) is 0.860. The Morgan fingerprint density at radius 1 is 1.25 bits per heavy atom. The number of ether oxygens (including phenoxy) is 2. The van der Waals surface area contributed by atoms with Crippen molar-refractivity contribution < 1.29 is 9.47 Å². The molecule has 0 aromatic heterocycles. The molecule has 2 N–H and O–H groups in total. The summed E-state index contributed by atoms with van der Waals surface area (Å²) >= 11 is 3.56. The summed E-state index contributed by atoms with van der Waals surface area (Å²) in [5, 5.41) is 0. The van der Waals surface area contributed by atoms with Crippen LogP contribution in [0.4, 0.5) is 0 Å². The van der Waals surface area contributed by atoms with Gasteiger partial charge in [-0.15, -0.1) is 0 Å². The van der Waals surface area contributed by atoms with E-state index >= 15 is 0 Å². The maximum atomic E-state index is 6.29. The number of hydrogen-bond acceptors (Lipinski definition) is 4. The van der Waals surface area contributed by atoms with Crippen molar-refractivity contribution in [2.45, 2.75) is 24.7 Å². The molecule has 0 bridgehead atoms. The van der Waals surface area contributed by atoms with Gasteiger partial charge in [0.05, 0.1) is 12.2 Å². The van der Waals surface area contributed by atoms with E-state index in [1.165, 1.54) is 5.56 Å². The van der Waals surface area contributed by atoms with Crippen molar-refractivity contribution in [3.05, 3.63) is 34.3 Å². The van der Waals surface area contributed by atoms with Crippen molar-refractivity contribution in [3.8, 4) is 0 Å². The molecule has 0 spiro atoms. The third-order valence-electron chi connectivity index (χ3n) is 3.96. The van der Waals surface area contributed by atoms with Crippen LogP contribution in [0.2, 0.25) is 0 Å². The molecule has 1 aromatic carbocycles. The zero-order valence-corrected chi connectivity index (χ0v) is 13.7. The Morgan fingerprint density at radius 2 is 1.85 bits per heavy atom. The highest BCUT2D eigenvalue weighted by molar-refractivity contribution is 9.10. The zero-order chi connectivity index (χ0) is 14.5. The summed E-state index contributed by atoms with van der Waals surface area (Å²) in [6.07, 6.45) is 1.26. The van der Waals surface area contributed by atoms with Crippen LogP contribution in [-0.2, 0) is 9.47 Å². The first-order chi connectivity index (χ1) is 9.65. The van der Waals surface area contributed by atoms with Crippen LogP contribution in [0.15, 0.2) is 28.7 Å². The number of halogens is 1. The number of rotatable bonds is 6. The van der Waals surface area contributed by atoms with Crippen LogP contribution in [-0.4, -0.2) is 51.0 Å². The number of nitrogens with two attached hydrogens (primary N) is 1. The zero-order valence-electron chi connectivity index (χ0n) is 12.1. The Hall–Kier alpha value is -0.460. The molecule has 0 saturated carbocycles. The number of hydrogen-bond donors (Lipinski definition) is 1. The van der Waals surface area contributed by atoms with E-state index in [0.29, 0.717) is 0 Å². The van der Waals surface area contributed by atoms with Gasteiger partial charge < -0.3 is 15.2 Å². The fraction of sp³-hybridized carbons (Fsp3) is 0.600. The summed E-state index contributed by atoms with van der Waals surface area (Å²) in [4.78, 5) is 2.36.